The lowest BCUT2D eigenvalue weighted by molar-refractivity contribution is -0.141. The molecule has 0 saturated heterocycles. The quantitative estimate of drug-likeness (QED) is 0.338. The Hall–Kier alpha value is -1.93. The second kappa shape index (κ2) is 6.61. The summed E-state index contributed by atoms with van der Waals surface area (Å²) in [7, 11) is 0. The van der Waals surface area contributed by atoms with Crippen LogP contribution in [0, 0.1) is 5.92 Å². The van der Waals surface area contributed by atoms with Crippen molar-refractivity contribution in [2.75, 3.05) is 6.61 Å². The first-order valence-corrected chi connectivity index (χ1v) is 5.58. The highest BCUT2D eigenvalue weighted by Gasteiger charge is 2.25. The number of benzene rings is 1. The van der Waals surface area contributed by atoms with Crippen LogP contribution in [0.5, 0.6) is 0 Å². The molecule has 0 saturated carbocycles. The van der Waals surface area contributed by atoms with Gasteiger partial charge in [0.25, 0.3) is 0 Å². The zero-order chi connectivity index (χ0) is 12.7. The van der Waals surface area contributed by atoms with Crippen molar-refractivity contribution in [2.45, 2.75) is 20.3 Å². The Morgan fingerprint density at radius 1 is 1.35 bits per heavy atom. The maximum absolute atomic E-state index is 11.5. The molecule has 4 nitrogen and oxygen atoms in total. The summed E-state index contributed by atoms with van der Waals surface area (Å²) in [6, 6.07) is 9.75. The largest absolute Gasteiger partial charge is 0.457 e. The number of carbonyl (C=O) groups is 1. The van der Waals surface area contributed by atoms with Gasteiger partial charge in [-0.05, 0) is 5.56 Å². The Bertz CT molecular complexity index is 420. The van der Waals surface area contributed by atoms with Crippen LogP contribution in [-0.2, 0) is 16.0 Å². The lowest BCUT2D eigenvalue weighted by Crippen LogP contribution is -2.24. The van der Waals surface area contributed by atoms with Crippen LogP contribution in [0.2, 0.25) is 0 Å². The van der Waals surface area contributed by atoms with Crippen molar-refractivity contribution < 1.29 is 14.3 Å². The van der Waals surface area contributed by atoms with Gasteiger partial charge in [0.15, 0.2) is 0 Å². The van der Waals surface area contributed by atoms with Gasteiger partial charge in [0.1, 0.15) is 0 Å². The number of rotatable bonds is 5. The third kappa shape index (κ3) is 4.21. The highest BCUT2D eigenvalue weighted by molar-refractivity contribution is 6.34. The van der Waals surface area contributed by atoms with Crippen molar-refractivity contribution in [1.82, 2.24) is 0 Å². The Balaban J connectivity index is 2.42. The first-order valence-electron chi connectivity index (χ1n) is 5.58. The molecular weight excluding hydrogens is 216 g/mol. The smallest absolute Gasteiger partial charge is 0.417 e. The predicted octanol–water partition coefficient (Wildman–Crippen LogP) is 2.10. The van der Waals surface area contributed by atoms with Gasteiger partial charge >= 0.3 is 11.7 Å². The molecule has 0 aliphatic carbocycles. The van der Waals surface area contributed by atoms with Gasteiger partial charge in [-0.3, -0.25) is 0 Å². The molecule has 0 aromatic heterocycles. The van der Waals surface area contributed by atoms with Crippen LogP contribution in [0.1, 0.15) is 19.4 Å². The Kier molecular flexibility index (Phi) is 5.11. The van der Waals surface area contributed by atoms with Crippen molar-refractivity contribution in [2.24, 2.45) is 5.92 Å². The van der Waals surface area contributed by atoms with Gasteiger partial charge in [0.2, 0.25) is 0 Å². The van der Waals surface area contributed by atoms with Crippen LogP contribution in [0.3, 0.4) is 0 Å². The topological polar surface area (TPSA) is 62.7 Å². The fourth-order valence-electron chi connectivity index (χ4n) is 1.37. The minimum atomic E-state index is -0.557. The van der Waals surface area contributed by atoms with E-state index < -0.39 is 5.97 Å². The molecule has 1 aromatic carbocycles. The zero-order valence-corrected chi connectivity index (χ0v) is 10.1. The standard InChI is InChI=1S/C13H16N2O2/c1-10(2)12(15-14)13(16)17-9-8-11-6-4-3-5-7-11/h3-7,10H,8-9H2,1-2H3. The van der Waals surface area contributed by atoms with E-state index in [0.29, 0.717) is 6.42 Å². The van der Waals surface area contributed by atoms with Gasteiger partial charge in [-0.2, -0.15) is 4.79 Å². The van der Waals surface area contributed by atoms with Crippen molar-refractivity contribution in [3.05, 3.63) is 41.4 Å². The van der Waals surface area contributed by atoms with Crippen LogP contribution in [0.4, 0.5) is 0 Å². The lowest BCUT2D eigenvalue weighted by Gasteiger charge is -2.03. The number of nitrogens with zero attached hydrogens (tertiary/aromatic N) is 2. The highest BCUT2D eigenvalue weighted by Crippen LogP contribution is 2.01. The summed E-state index contributed by atoms with van der Waals surface area (Å²) in [6.45, 7) is 3.83. The van der Waals surface area contributed by atoms with Crippen LogP contribution < -0.4 is 0 Å². The second-order valence-corrected chi connectivity index (χ2v) is 4.01. The lowest BCUT2D eigenvalue weighted by atomic mass is 10.1. The average Bonchev–Trinajstić information content (AvgIpc) is 2.30. The van der Waals surface area contributed by atoms with Gasteiger partial charge in [-0.15, -0.1) is 0 Å². The molecule has 0 heterocycles. The van der Waals surface area contributed by atoms with Crippen LogP contribution in [-0.4, -0.2) is 23.1 Å². The molecule has 90 valence electrons. The van der Waals surface area contributed by atoms with Gasteiger partial charge < -0.3 is 10.3 Å². The average molecular weight is 232 g/mol. The zero-order valence-electron chi connectivity index (χ0n) is 10.1. The molecule has 0 aliphatic rings. The van der Waals surface area contributed by atoms with E-state index in [9.17, 15) is 4.79 Å². The van der Waals surface area contributed by atoms with E-state index in [-0.39, 0.29) is 18.2 Å². The summed E-state index contributed by atoms with van der Waals surface area (Å²) < 4.78 is 5.03. The van der Waals surface area contributed by atoms with E-state index in [1.165, 1.54) is 0 Å². The van der Waals surface area contributed by atoms with E-state index in [1.807, 2.05) is 30.3 Å². The Morgan fingerprint density at radius 3 is 2.53 bits per heavy atom. The molecule has 0 atom stereocenters. The molecule has 0 aliphatic heterocycles. The summed E-state index contributed by atoms with van der Waals surface area (Å²) in [5.74, 6) is -0.706. The third-order valence-corrected chi connectivity index (χ3v) is 2.33. The van der Waals surface area contributed by atoms with Crippen LogP contribution in [0.15, 0.2) is 30.3 Å². The maximum atomic E-state index is 11.5. The molecule has 1 rings (SSSR count). The van der Waals surface area contributed by atoms with Crippen LogP contribution >= 0.6 is 0 Å². The predicted molar refractivity (Wildman–Crippen MR) is 64.6 cm³/mol. The summed E-state index contributed by atoms with van der Waals surface area (Å²) in [5, 5.41) is 0. The van der Waals surface area contributed by atoms with Gasteiger partial charge in [-0.25, -0.2) is 4.79 Å². The SMILES string of the molecule is CC(C)C(=[N+]=[N-])C(=O)OCCc1ccccc1. The first-order chi connectivity index (χ1) is 8.15. The number of hydrogen-bond acceptors (Lipinski definition) is 2. The molecule has 0 bridgehead atoms. The van der Waals surface area contributed by atoms with Gasteiger partial charge in [0, 0.05) is 6.42 Å². The number of ether oxygens (including phenoxy) is 1. The van der Waals surface area contributed by atoms with Crippen molar-refractivity contribution in [3.63, 3.8) is 0 Å². The fraction of sp³-hybridized carbons (Fsp3) is 0.385. The first kappa shape index (κ1) is 13.1. The van der Waals surface area contributed by atoms with E-state index in [0.717, 1.165) is 5.56 Å². The third-order valence-electron chi connectivity index (χ3n) is 2.33. The Morgan fingerprint density at radius 2 is 2.00 bits per heavy atom. The molecule has 0 unspecified atom stereocenters. The minimum absolute atomic E-state index is 0.0538. The minimum Gasteiger partial charge on any atom is -0.457 e. The number of esters is 1. The number of hydrogen-bond donors (Lipinski definition) is 0. The normalized spacial score (nSPS) is 9.82. The van der Waals surface area contributed by atoms with Crippen molar-refractivity contribution in [1.29, 1.82) is 0 Å². The molecule has 0 amide bonds. The monoisotopic (exact) mass is 232 g/mol. The fourth-order valence-corrected chi connectivity index (χ4v) is 1.37. The molecule has 4 heteroatoms. The number of carbonyl (C=O) groups excluding carboxylic acids is 1. The molecule has 0 radical (unpaired) electrons. The van der Waals surface area contributed by atoms with E-state index in [2.05, 4.69) is 4.79 Å². The highest BCUT2D eigenvalue weighted by atomic mass is 16.5. The molecule has 17 heavy (non-hydrogen) atoms. The molecule has 1 aromatic rings. The van der Waals surface area contributed by atoms with Crippen LogP contribution in [0.25, 0.3) is 5.53 Å². The molecule has 0 N–H and O–H groups in total. The van der Waals surface area contributed by atoms with E-state index in [4.69, 9.17) is 10.3 Å². The van der Waals surface area contributed by atoms with Crippen molar-refractivity contribution >= 4 is 11.7 Å². The summed E-state index contributed by atoms with van der Waals surface area (Å²) in [5.41, 5.74) is 9.83. The second-order valence-electron chi connectivity index (χ2n) is 4.01. The van der Waals surface area contributed by atoms with Crippen molar-refractivity contribution in [3.8, 4) is 0 Å². The Labute approximate surface area is 101 Å². The summed E-state index contributed by atoms with van der Waals surface area (Å²) in [4.78, 5) is 14.4. The summed E-state index contributed by atoms with van der Waals surface area (Å²) >= 11 is 0. The van der Waals surface area contributed by atoms with Gasteiger partial charge in [0.05, 0.1) is 12.5 Å². The summed E-state index contributed by atoms with van der Waals surface area (Å²) in [6.07, 6.45) is 0.656. The van der Waals surface area contributed by atoms with E-state index in [1.54, 1.807) is 13.8 Å². The maximum Gasteiger partial charge on any atom is 0.417 e. The van der Waals surface area contributed by atoms with Gasteiger partial charge in [-0.1, -0.05) is 44.2 Å². The molecule has 0 spiro atoms. The molecule has 0 fully saturated rings. The van der Waals surface area contributed by atoms with E-state index >= 15 is 0 Å². The molecular formula is C13H16N2O2.